The van der Waals surface area contributed by atoms with Gasteiger partial charge >= 0.3 is 0 Å². The first-order chi connectivity index (χ1) is 6.10. The van der Waals surface area contributed by atoms with Gasteiger partial charge in [0.1, 0.15) is 0 Å². The van der Waals surface area contributed by atoms with E-state index in [4.69, 9.17) is 5.11 Å². The zero-order chi connectivity index (χ0) is 10.3. The van der Waals surface area contributed by atoms with Crippen LogP contribution in [0.5, 0.6) is 0 Å². The molecule has 0 aromatic carbocycles. The summed E-state index contributed by atoms with van der Waals surface area (Å²) in [6.45, 7) is 6.16. The molecule has 0 aliphatic heterocycles. The van der Waals surface area contributed by atoms with E-state index in [1.165, 1.54) is 0 Å². The van der Waals surface area contributed by atoms with Crippen molar-refractivity contribution in [2.75, 3.05) is 13.2 Å². The Labute approximate surface area is 79.7 Å². The SMILES string of the molecule is CCC(C)NCC(=O)N[C@H](C)CO. The summed E-state index contributed by atoms with van der Waals surface area (Å²) in [5, 5.41) is 14.4. The normalized spacial score (nSPS) is 15.1. The van der Waals surface area contributed by atoms with Gasteiger partial charge in [-0.3, -0.25) is 4.79 Å². The molecule has 0 fully saturated rings. The molecule has 0 spiro atoms. The van der Waals surface area contributed by atoms with Crippen molar-refractivity contribution in [1.29, 1.82) is 0 Å². The molecule has 2 atom stereocenters. The van der Waals surface area contributed by atoms with Crippen molar-refractivity contribution in [3.63, 3.8) is 0 Å². The second-order valence-corrected chi connectivity index (χ2v) is 3.34. The Morgan fingerprint density at radius 2 is 2.00 bits per heavy atom. The lowest BCUT2D eigenvalue weighted by molar-refractivity contribution is -0.121. The molecule has 0 bridgehead atoms. The van der Waals surface area contributed by atoms with Gasteiger partial charge in [0.25, 0.3) is 0 Å². The van der Waals surface area contributed by atoms with Crippen LogP contribution < -0.4 is 10.6 Å². The fourth-order valence-corrected chi connectivity index (χ4v) is 0.783. The van der Waals surface area contributed by atoms with Gasteiger partial charge in [0.2, 0.25) is 5.91 Å². The van der Waals surface area contributed by atoms with E-state index in [1.807, 2.05) is 6.92 Å². The molecule has 0 aliphatic rings. The first-order valence-corrected chi connectivity index (χ1v) is 4.73. The lowest BCUT2D eigenvalue weighted by atomic mass is 10.2. The molecule has 0 saturated carbocycles. The maximum absolute atomic E-state index is 11.1. The minimum Gasteiger partial charge on any atom is -0.394 e. The van der Waals surface area contributed by atoms with E-state index in [2.05, 4.69) is 17.6 Å². The molecule has 0 rings (SSSR count). The molecular formula is C9H20N2O2. The van der Waals surface area contributed by atoms with E-state index >= 15 is 0 Å². The van der Waals surface area contributed by atoms with Crippen molar-refractivity contribution in [3.05, 3.63) is 0 Å². The lowest BCUT2D eigenvalue weighted by Gasteiger charge is -2.13. The van der Waals surface area contributed by atoms with Crippen molar-refractivity contribution < 1.29 is 9.90 Å². The van der Waals surface area contributed by atoms with Gasteiger partial charge in [-0.2, -0.15) is 0 Å². The molecule has 0 saturated heterocycles. The van der Waals surface area contributed by atoms with Crippen molar-refractivity contribution in [3.8, 4) is 0 Å². The number of nitrogens with one attached hydrogen (secondary N) is 2. The van der Waals surface area contributed by atoms with Crippen LogP contribution in [0, 0.1) is 0 Å². The molecule has 78 valence electrons. The zero-order valence-corrected chi connectivity index (χ0v) is 8.63. The predicted molar refractivity (Wildman–Crippen MR) is 52.4 cm³/mol. The quantitative estimate of drug-likeness (QED) is 0.544. The molecule has 0 aromatic heterocycles. The Bertz CT molecular complexity index is 151. The van der Waals surface area contributed by atoms with Gasteiger partial charge < -0.3 is 15.7 Å². The van der Waals surface area contributed by atoms with Crippen LogP contribution in [-0.4, -0.2) is 36.2 Å². The molecule has 1 unspecified atom stereocenters. The van der Waals surface area contributed by atoms with Crippen LogP contribution in [0.2, 0.25) is 0 Å². The monoisotopic (exact) mass is 188 g/mol. The minimum absolute atomic E-state index is 0.0188. The molecule has 0 radical (unpaired) electrons. The number of aliphatic hydroxyl groups is 1. The molecule has 3 N–H and O–H groups in total. The maximum atomic E-state index is 11.1. The summed E-state index contributed by atoms with van der Waals surface area (Å²) >= 11 is 0. The summed E-state index contributed by atoms with van der Waals surface area (Å²) in [4.78, 5) is 11.1. The molecular weight excluding hydrogens is 168 g/mol. The van der Waals surface area contributed by atoms with Crippen LogP contribution in [0.4, 0.5) is 0 Å². The van der Waals surface area contributed by atoms with Gasteiger partial charge in [-0.15, -0.1) is 0 Å². The number of carbonyl (C=O) groups is 1. The van der Waals surface area contributed by atoms with Gasteiger partial charge in [-0.05, 0) is 20.3 Å². The minimum atomic E-state index is -0.161. The zero-order valence-electron chi connectivity index (χ0n) is 8.63. The number of carbonyl (C=O) groups excluding carboxylic acids is 1. The first-order valence-electron chi connectivity index (χ1n) is 4.73. The third-order valence-electron chi connectivity index (χ3n) is 1.90. The van der Waals surface area contributed by atoms with Crippen molar-refractivity contribution >= 4 is 5.91 Å². The van der Waals surface area contributed by atoms with E-state index in [-0.39, 0.29) is 18.6 Å². The Morgan fingerprint density at radius 3 is 2.46 bits per heavy atom. The molecule has 4 heteroatoms. The van der Waals surface area contributed by atoms with Crippen LogP contribution in [0.25, 0.3) is 0 Å². The fourth-order valence-electron chi connectivity index (χ4n) is 0.783. The molecule has 4 nitrogen and oxygen atoms in total. The van der Waals surface area contributed by atoms with Crippen LogP contribution in [0.3, 0.4) is 0 Å². The van der Waals surface area contributed by atoms with Gasteiger partial charge in [0, 0.05) is 12.1 Å². The highest BCUT2D eigenvalue weighted by atomic mass is 16.3. The highest BCUT2D eigenvalue weighted by Gasteiger charge is 2.06. The molecule has 1 amide bonds. The van der Waals surface area contributed by atoms with E-state index in [0.717, 1.165) is 6.42 Å². The Kier molecular flexibility index (Phi) is 6.54. The first kappa shape index (κ1) is 12.4. The van der Waals surface area contributed by atoms with Gasteiger partial charge in [-0.1, -0.05) is 6.92 Å². The van der Waals surface area contributed by atoms with Crippen molar-refractivity contribution in [2.24, 2.45) is 0 Å². The smallest absolute Gasteiger partial charge is 0.234 e. The van der Waals surface area contributed by atoms with Crippen molar-refractivity contribution in [1.82, 2.24) is 10.6 Å². The number of rotatable bonds is 6. The summed E-state index contributed by atoms with van der Waals surface area (Å²) in [5.74, 6) is -0.0677. The molecule has 0 aromatic rings. The number of aliphatic hydroxyl groups excluding tert-OH is 1. The standard InChI is InChI=1S/C9H20N2O2/c1-4-7(2)10-5-9(13)11-8(3)6-12/h7-8,10,12H,4-6H2,1-3H3,(H,11,13)/t7?,8-/m1/s1. The third-order valence-corrected chi connectivity index (χ3v) is 1.90. The number of amides is 1. The highest BCUT2D eigenvalue weighted by Crippen LogP contribution is 1.86. The Morgan fingerprint density at radius 1 is 1.38 bits per heavy atom. The average Bonchev–Trinajstić information content (AvgIpc) is 2.13. The van der Waals surface area contributed by atoms with Crippen LogP contribution >= 0.6 is 0 Å². The summed E-state index contributed by atoms with van der Waals surface area (Å²) in [6.07, 6.45) is 1.00. The predicted octanol–water partition coefficient (Wildman–Crippen LogP) is -0.128. The van der Waals surface area contributed by atoms with Crippen molar-refractivity contribution in [2.45, 2.75) is 39.3 Å². The van der Waals surface area contributed by atoms with E-state index < -0.39 is 0 Å². The Hall–Kier alpha value is -0.610. The highest BCUT2D eigenvalue weighted by molar-refractivity contribution is 5.78. The molecule has 13 heavy (non-hydrogen) atoms. The molecule has 0 heterocycles. The summed E-state index contributed by atoms with van der Waals surface area (Å²) < 4.78 is 0. The summed E-state index contributed by atoms with van der Waals surface area (Å²) in [6, 6.07) is 0.196. The van der Waals surface area contributed by atoms with Crippen LogP contribution in [-0.2, 0) is 4.79 Å². The Balaban J connectivity index is 3.51. The van der Waals surface area contributed by atoms with Crippen LogP contribution in [0.1, 0.15) is 27.2 Å². The van der Waals surface area contributed by atoms with Gasteiger partial charge in [0.15, 0.2) is 0 Å². The fraction of sp³-hybridized carbons (Fsp3) is 0.889. The number of hydrogen-bond donors (Lipinski definition) is 3. The topological polar surface area (TPSA) is 61.4 Å². The summed E-state index contributed by atoms with van der Waals surface area (Å²) in [5.41, 5.74) is 0. The largest absolute Gasteiger partial charge is 0.394 e. The maximum Gasteiger partial charge on any atom is 0.234 e. The lowest BCUT2D eigenvalue weighted by Crippen LogP contribution is -2.42. The third kappa shape index (κ3) is 6.54. The van der Waals surface area contributed by atoms with Gasteiger partial charge in [-0.25, -0.2) is 0 Å². The number of hydrogen-bond acceptors (Lipinski definition) is 3. The summed E-state index contributed by atoms with van der Waals surface area (Å²) in [7, 11) is 0. The van der Waals surface area contributed by atoms with E-state index in [1.54, 1.807) is 6.92 Å². The second kappa shape index (κ2) is 6.86. The van der Waals surface area contributed by atoms with Crippen LogP contribution in [0.15, 0.2) is 0 Å². The van der Waals surface area contributed by atoms with E-state index in [9.17, 15) is 4.79 Å². The van der Waals surface area contributed by atoms with E-state index in [0.29, 0.717) is 12.6 Å². The average molecular weight is 188 g/mol. The van der Waals surface area contributed by atoms with Gasteiger partial charge in [0.05, 0.1) is 13.2 Å². The molecule has 0 aliphatic carbocycles. The second-order valence-electron chi connectivity index (χ2n) is 3.34.